The Hall–Kier alpha value is -3.74. The van der Waals surface area contributed by atoms with Gasteiger partial charge in [0.25, 0.3) is 0 Å². The Balaban J connectivity index is 1.49. The Kier molecular flexibility index (Phi) is 5.18. The average Bonchev–Trinajstić information content (AvgIpc) is 3.06. The van der Waals surface area contributed by atoms with Gasteiger partial charge in [-0.05, 0) is 39.9 Å². The lowest BCUT2D eigenvalue weighted by molar-refractivity contribution is -0.139. The Morgan fingerprint density at radius 2 is 1.53 bits per heavy atom. The number of carboxylic acid groups (broad SMARTS) is 1. The maximum absolute atomic E-state index is 13.5. The van der Waals surface area contributed by atoms with E-state index in [0.29, 0.717) is 0 Å². The molecule has 0 bridgehead atoms. The average molecular weight is 409 g/mol. The van der Waals surface area contributed by atoms with Gasteiger partial charge in [0.15, 0.2) is 17.7 Å². The molecule has 0 spiro atoms. The lowest BCUT2D eigenvalue weighted by Gasteiger charge is -2.18. The summed E-state index contributed by atoms with van der Waals surface area (Å²) in [6.45, 7) is 0.00395. The minimum Gasteiger partial charge on any atom is -0.479 e. The van der Waals surface area contributed by atoms with Crippen LogP contribution in [0.2, 0.25) is 0 Å². The molecule has 4 rings (SSSR count). The van der Waals surface area contributed by atoms with Crippen molar-refractivity contribution < 1.29 is 28.2 Å². The van der Waals surface area contributed by atoms with E-state index in [1.54, 1.807) is 0 Å². The highest BCUT2D eigenvalue weighted by Gasteiger charge is 2.30. The summed E-state index contributed by atoms with van der Waals surface area (Å²) in [5.41, 5.74) is 4.05. The minimum absolute atomic E-state index is 0.00395. The largest absolute Gasteiger partial charge is 0.479 e. The van der Waals surface area contributed by atoms with Crippen LogP contribution in [0.15, 0.2) is 66.7 Å². The number of alkyl carbamates (subject to hydrolysis) is 1. The van der Waals surface area contributed by atoms with Crippen LogP contribution in [-0.2, 0) is 9.53 Å². The molecule has 3 aromatic rings. The molecule has 1 unspecified atom stereocenters. The molecule has 0 fully saturated rings. The van der Waals surface area contributed by atoms with E-state index in [1.807, 2.05) is 48.5 Å². The second kappa shape index (κ2) is 7.94. The van der Waals surface area contributed by atoms with Gasteiger partial charge in [-0.15, -0.1) is 0 Å². The molecular formula is C23H17F2NO4. The quantitative estimate of drug-likeness (QED) is 0.644. The summed E-state index contributed by atoms with van der Waals surface area (Å²) >= 11 is 0. The van der Waals surface area contributed by atoms with Crippen LogP contribution in [-0.4, -0.2) is 23.8 Å². The molecule has 1 atom stereocenters. The van der Waals surface area contributed by atoms with E-state index in [9.17, 15) is 23.5 Å². The first kappa shape index (κ1) is 19.6. The summed E-state index contributed by atoms with van der Waals surface area (Å²) in [5.74, 6) is -3.92. The van der Waals surface area contributed by atoms with Crippen molar-refractivity contribution in [2.45, 2.75) is 12.0 Å². The van der Waals surface area contributed by atoms with Crippen molar-refractivity contribution in [3.05, 3.63) is 95.1 Å². The van der Waals surface area contributed by atoms with Crippen molar-refractivity contribution in [1.82, 2.24) is 5.32 Å². The normalized spacial score (nSPS) is 13.3. The smallest absolute Gasteiger partial charge is 0.408 e. The number of aliphatic carboxylic acids is 1. The van der Waals surface area contributed by atoms with Crippen LogP contribution >= 0.6 is 0 Å². The molecule has 5 nitrogen and oxygen atoms in total. The molecule has 7 heteroatoms. The molecule has 1 aliphatic carbocycles. The van der Waals surface area contributed by atoms with E-state index in [4.69, 9.17) is 4.74 Å². The highest BCUT2D eigenvalue weighted by molar-refractivity contribution is 5.82. The summed E-state index contributed by atoms with van der Waals surface area (Å²) in [6.07, 6.45) is -0.964. The second-order valence-corrected chi connectivity index (χ2v) is 6.91. The van der Waals surface area contributed by atoms with Gasteiger partial charge in [0.1, 0.15) is 6.61 Å². The van der Waals surface area contributed by atoms with Gasteiger partial charge in [0.2, 0.25) is 0 Å². The number of hydrogen-bond acceptors (Lipinski definition) is 3. The zero-order chi connectivity index (χ0) is 21.3. The molecule has 0 aliphatic heterocycles. The SMILES string of the molecule is O=C(NC(C(=O)O)c1ccc(F)c(F)c1)OCC1c2ccccc2-c2ccccc21. The molecule has 0 aromatic heterocycles. The third-order valence-electron chi connectivity index (χ3n) is 5.13. The van der Waals surface area contributed by atoms with E-state index in [2.05, 4.69) is 5.32 Å². The topological polar surface area (TPSA) is 75.6 Å². The summed E-state index contributed by atoms with van der Waals surface area (Å²) in [4.78, 5) is 23.8. The zero-order valence-corrected chi connectivity index (χ0v) is 15.6. The number of rotatable bonds is 5. The fourth-order valence-electron chi connectivity index (χ4n) is 3.74. The maximum Gasteiger partial charge on any atom is 0.408 e. The predicted molar refractivity (Wildman–Crippen MR) is 105 cm³/mol. The number of halogens is 2. The van der Waals surface area contributed by atoms with Crippen molar-refractivity contribution in [2.75, 3.05) is 6.61 Å². The minimum atomic E-state index is -1.57. The Bertz CT molecular complexity index is 1090. The third kappa shape index (κ3) is 3.61. The second-order valence-electron chi connectivity index (χ2n) is 6.91. The number of carbonyl (C=O) groups excluding carboxylic acids is 1. The Labute approximate surface area is 170 Å². The lowest BCUT2D eigenvalue weighted by atomic mass is 9.98. The Morgan fingerprint density at radius 1 is 0.933 bits per heavy atom. The summed E-state index contributed by atoms with van der Waals surface area (Å²) in [6, 6.07) is 16.7. The van der Waals surface area contributed by atoms with Crippen LogP contribution in [0, 0.1) is 11.6 Å². The maximum atomic E-state index is 13.5. The first-order valence-corrected chi connectivity index (χ1v) is 9.25. The van der Waals surface area contributed by atoms with Crippen LogP contribution in [0.4, 0.5) is 13.6 Å². The zero-order valence-electron chi connectivity index (χ0n) is 15.6. The molecule has 30 heavy (non-hydrogen) atoms. The molecule has 0 heterocycles. The monoisotopic (exact) mass is 409 g/mol. The molecule has 3 aromatic carbocycles. The van der Waals surface area contributed by atoms with E-state index in [1.165, 1.54) is 0 Å². The molecule has 0 radical (unpaired) electrons. The van der Waals surface area contributed by atoms with Gasteiger partial charge >= 0.3 is 12.1 Å². The number of hydrogen-bond donors (Lipinski definition) is 2. The standard InChI is InChI=1S/C23H17F2NO4/c24-19-10-9-13(11-20(19)25)21(22(27)28)26-23(29)30-12-18-16-7-3-1-5-14(16)15-6-2-4-8-17(15)18/h1-11,18,21H,12H2,(H,26,29)(H,27,28). The van der Waals surface area contributed by atoms with E-state index in [0.717, 1.165) is 40.5 Å². The van der Waals surface area contributed by atoms with Gasteiger partial charge in [-0.1, -0.05) is 54.6 Å². The van der Waals surface area contributed by atoms with Crippen LogP contribution in [0.3, 0.4) is 0 Å². The van der Waals surface area contributed by atoms with Crippen LogP contribution in [0.5, 0.6) is 0 Å². The molecule has 1 aliphatic rings. The molecular weight excluding hydrogens is 392 g/mol. The van der Waals surface area contributed by atoms with Crippen LogP contribution in [0.25, 0.3) is 11.1 Å². The van der Waals surface area contributed by atoms with Crippen molar-refractivity contribution in [1.29, 1.82) is 0 Å². The first-order chi connectivity index (χ1) is 14.5. The number of nitrogens with one attached hydrogen (secondary N) is 1. The Morgan fingerprint density at radius 3 is 2.10 bits per heavy atom. The number of amides is 1. The van der Waals surface area contributed by atoms with Crippen LogP contribution < -0.4 is 5.32 Å². The molecule has 0 saturated heterocycles. The van der Waals surface area contributed by atoms with Gasteiger partial charge in [-0.3, -0.25) is 0 Å². The number of fused-ring (bicyclic) bond motifs is 3. The van der Waals surface area contributed by atoms with E-state index >= 15 is 0 Å². The van der Waals surface area contributed by atoms with Gasteiger partial charge in [0, 0.05) is 5.92 Å². The van der Waals surface area contributed by atoms with Gasteiger partial charge in [-0.2, -0.15) is 0 Å². The van der Waals surface area contributed by atoms with Crippen LogP contribution in [0.1, 0.15) is 28.7 Å². The van der Waals surface area contributed by atoms with Gasteiger partial charge < -0.3 is 15.2 Å². The molecule has 0 saturated carbocycles. The van der Waals surface area contributed by atoms with Crippen molar-refractivity contribution >= 4 is 12.1 Å². The summed E-state index contributed by atoms with van der Waals surface area (Å²) < 4.78 is 31.9. The van der Waals surface area contributed by atoms with E-state index in [-0.39, 0.29) is 18.1 Å². The van der Waals surface area contributed by atoms with Crippen molar-refractivity contribution in [3.63, 3.8) is 0 Å². The highest BCUT2D eigenvalue weighted by Crippen LogP contribution is 2.44. The summed E-state index contributed by atoms with van der Waals surface area (Å²) in [5, 5.41) is 11.6. The van der Waals surface area contributed by atoms with E-state index < -0.39 is 29.7 Å². The third-order valence-corrected chi connectivity index (χ3v) is 5.13. The molecule has 1 amide bonds. The predicted octanol–water partition coefficient (Wildman–Crippen LogP) is 4.63. The van der Waals surface area contributed by atoms with Crippen molar-refractivity contribution in [2.24, 2.45) is 0 Å². The molecule has 2 N–H and O–H groups in total. The number of carbonyl (C=O) groups is 2. The summed E-state index contributed by atoms with van der Waals surface area (Å²) in [7, 11) is 0. The van der Waals surface area contributed by atoms with Gasteiger partial charge in [0.05, 0.1) is 0 Å². The highest BCUT2D eigenvalue weighted by atomic mass is 19.2. The first-order valence-electron chi connectivity index (χ1n) is 9.25. The number of ether oxygens (including phenoxy) is 1. The fraction of sp³-hybridized carbons (Fsp3) is 0.130. The van der Waals surface area contributed by atoms with Crippen molar-refractivity contribution in [3.8, 4) is 11.1 Å². The molecule has 152 valence electrons. The number of benzene rings is 3. The lowest BCUT2D eigenvalue weighted by Crippen LogP contribution is -2.35. The number of carboxylic acids is 1. The van der Waals surface area contributed by atoms with Gasteiger partial charge in [-0.25, -0.2) is 18.4 Å². The fourth-order valence-corrected chi connectivity index (χ4v) is 3.74.